The summed E-state index contributed by atoms with van der Waals surface area (Å²) in [6, 6.07) is 5.00. The monoisotopic (exact) mass is 274 g/mol. The first-order chi connectivity index (χ1) is 7.19. The van der Waals surface area contributed by atoms with Crippen molar-refractivity contribution in [2.24, 2.45) is 10.9 Å². The summed E-state index contributed by atoms with van der Waals surface area (Å²) in [6.45, 7) is 0.177. The minimum absolute atomic E-state index is 0.0319. The highest BCUT2D eigenvalue weighted by Gasteiger charge is 2.05. The van der Waals surface area contributed by atoms with E-state index in [1.807, 2.05) is 0 Å². The molecule has 0 unspecified atom stereocenters. The zero-order chi connectivity index (χ0) is 11.3. The van der Waals surface area contributed by atoms with Gasteiger partial charge < -0.3 is 20.8 Å². The lowest BCUT2D eigenvalue weighted by Gasteiger charge is -2.07. The van der Waals surface area contributed by atoms with Crippen molar-refractivity contribution in [1.82, 2.24) is 0 Å². The van der Waals surface area contributed by atoms with Crippen molar-refractivity contribution in [3.63, 3.8) is 0 Å². The molecule has 1 aromatic carbocycles. The molecule has 0 aromatic heterocycles. The maximum absolute atomic E-state index is 8.59. The molecular formula is C9H11BrN2O3. The summed E-state index contributed by atoms with van der Waals surface area (Å²) in [5.74, 6) is 0.628. The molecule has 0 spiro atoms. The Morgan fingerprint density at radius 1 is 1.53 bits per heavy atom. The highest BCUT2D eigenvalue weighted by molar-refractivity contribution is 9.10. The van der Waals surface area contributed by atoms with Gasteiger partial charge >= 0.3 is 0 Å². The number of oxime groups is 1. The summed E-state index contributed by atoms with van der Waals surface area (Å²) in [6.07, 6.45) is 0. The van der Waals surface area contributed by atoms with E-state index in [0.717, 1.165) is 0 Å². The fraction of sp³-hybridized carbons (Fsp3) is 0.222. The van der Waals surface area contributed by atoms with Crippen LogP contribution in [0.15, 0.2) is 27.8 Å². The molecule has 1 rings (SSSR count). The van der Waals surface area contributed by atoms with Crippen molar-refractivity contribution < 1.29 is 15.1 Å². The van der Waals surface area contributed by atoms with Gasteiger partial charge in [-0.1, -0.05) is 5.16 Å². The lowest BCUT2D eigenvalue weighted by molar-refractivity contribution is 0.200. The number of hydrogen-bond donors (Lipinski definition) is 3. The molecule has 4 N–H and O–H groups in total. The summed E-state index contributed by atoms with van der Waals surface area (Å²) in [7, 11) is 0. The third kappa shape index (κ3) is 3.10. The normalized spacial score (nSPS) is 11.5. The van der Waals surface area contributed by atoms with Crippen molar-refractivity contribution in [3.8, 4) is 5.75 Å². The first-order valence-corrected chi connectivity index (χ1v) is 4.99. The molecule has 0 aliphatic rings. The molecule has 0 saturated carbocycles. The van der Waals surface area contributed by atoms with E-state index in [-0.39, 0.29) is 19.0 Å². The van der Waals surface area contributed by atoms with Crippen LogP contribution in [0.2, 0.25) is 0 Å². The second-order valence-corrected chi connectivity index (χ2v) is 3.56. The second-order valence-electron chi connectivity index (χ2n) is 2.70. The third-order valence-electron chi connectivity index (χ3n) is 1.68. The van der Waals surface area contributed by atoms with Crippen molar-refractivity contribution in [2.75, 3.05) is 13.2 Å². The van der Waals surface area contributed by atoms with E-state index < -0.39 is 0 Å². The Labute approximate surface area is 95.3 Å². The SMILES string of the molecule is N/C(=N/O)c1ccc(OCCO)c(Br)c1. The number of halogens is 1. The molecule has 82 valence electrons. The van der Waals surface area contributed by atoms with Gasteiger partial charge in [0, 0.05) is 5.56 Å². The van der Waals surface area contributed by atoms with Crippen LogP contribution in [0.25, 0.3) is 0 Å². The first-order valence-electron chi connectivity index (χ1n) is 4.20. The molecule has 0 aliphatic carbocycles. The van der Waals surface area contributed by atoms with Gasteiger partial charge in [-0.05, 0) is 34.1 Å². The van der Waals surface area contributed by atoms with E-state index in [1.165, 1.54) is 0 Å². The van der Waals surface area contributed by atoms with Gasteiger partial charge in [-0.3, -0.25) is 0 Å². The Hall–Kier alpha value is -1.27. The molecule has 0 heterocycles. The second kappa shape index (κ2) is 5.57. The average Bonchev–Trinajstić information content (AvgIpc) is 2.26. The van der Waals surface area contributed by atoms with E-state index in [2.05, 4.69) is 21.1 Å². The molecule has 0 aliphatic heterocycles. The lowest BCUT2D eigenvalue weighted by Crippen LogP contribution is -2.13. The van der Waals surface area contributed by atoms with Gasteiger partial charge in [0.1, 0.15) is 12.4 Å². The number of ether oxygens (including phenoxy) is 1. The molecule has 5 nitrogen and oxygen atoms in total. The number of aliphatic hydroxyl groups is 1. The van der Waals surface area contributed by atoms with E-state index in [9.17, 15) is 0 Å². The summed E-state index contributed by atoms with van der Waals surface area (Å²) < 4.78 is 5.89. The number of benzene rings is 1. The topological polar surface area (TPSA) is 88.1 Å². The van der Waals surface area contributed by atoms with Gasteiger partial charge in [-0.15, -0.1) is 0 Å². The van der Waals surface area contributed by atoms with Crippen LogP contribution in [0.1, 0.15) is 5.56 Å². The fourth-order valence-corrected chi connectivity index (χ4v) is 1.48. The van der Waals surface area contributed by atoms with Gasteiger partial charge in [-0.2, -0.15) is 0 Å². The molecular weight excluding hydrogens is 264 g/mol. The zero-order valence-electron chi connectivity index (χ0n) is 7.85. The predicted molar refractivity (Wildman–Crippen MR) is 59.2 cm³/mol. The van der Waals surface area contributed by atoms with Gasteiger partial charge in [0.25, 0.3) is 0 Å². The van der Waals surface area contributed by atoms with Crippen LogP contribution in [0.4, 0.5) is 0 Å². The van der Waals surface area contributed by atoms with E-state index in [4.69, 9.17) is 20.8 Å². The molecule has 6 heteroatoms. The van der Waals surface area contributed by atoms with Crippen LogP contribution in [0, 0.1) is 0 Å². The Balaban J connectivity index is 2.88. The molecule has 0 fully saturated rings. The van der Waals surface area contributed by atoms with Crippen molar-refractivity contribution >= 4 is 21.8 Å². The number of hydrogen-bond acceptors (Lipinski definition) is 4. The van der Waals surface area contributed by atoms with Gasteiger partial charge in [0.2, 0.25) is 0 Å². The van der Waals surface area contributed by atoms with Crippen molar-refractivity contribution in [1.29, 1.82) is 0 Å². The molecule has 15 heavy (non-hydrogen) atoms. The zero-order valence-corrected chi connectivity index (χ0v) is 9.44. The Kier molecular flexibility index (Phi) is 4.38. The molecule has 0 radical (unpaired) electrons. The van der Waals surface area contributed by atoms with Crippen molar-refractivity contribution in [2.45, 2.75) is 0 Å². The minimum atomic E-state index is -0.0472. The highest BCUT2D eigenvalue weighted by atomic mass is 79.9. The summed E-state index contributed by atoms with van der Waals surface area (Å²) >= 11 is 3.28. The molecule has 0 amide bonds. The number of amidine groups is 1. The molecule has 1 aromatic rings. The van der Waals surface area contributed by atoms with Crippen LogP contribution in [0.5, 0.6) is 5.75 Å². The molecule has 0 atom stereocenters. The predicted octanol–water partition coefficient (Wildman–Crippen LogP) is 0.915. The van der Waals surface area contributed by atoms with Gasteiger partial charge in [0.05, 0.1) is 11.1 Å². The average molecular weight is 275 g/mol. The highest BCUT2D eigenvalue weighted by Crippen LogP contribution is 2.25. The minimum Gasteiger partial charge on any atom is -0.490 e. The quantitative estimate of drug-likeness (QED) is 0.330. The number of aliphatic hydroxyl groups excluding tert-OH is 1. The van der Waals surface area contributed by atoms with E-state index in [0.29, 0.717) is 15.8 Å². The summed E-state index contributed by atoms with van der Waals surface area (Å²) in [5, 5.41) is 19.9. The van der Waals surface area contributed by atoms with E-state index >= 15 is 0 Å². The Morgan fingerprint density at radius 2 is 2.27 bits per heavy atom. The largest absolute Gasteiger partial charge is 0.490 e. The van der Waals surface area contributed by atoms with E-state index in [1.54, 1.807) is 18.2 Å². The standard InChI is InChI=1S/C9H11BrN2O3/c10-7-5-6(9(11)12-14)1-2-8(7)15-4-3-13/h1-2,5,13-14H,3-4H2,(H2,11,12). The van der Waals surface area contributed by atoms with Gasteiger partial charge in [-0.25, -0.2) is 0 Å². The first kappa shape index (κ1) is 11.8. The van der Waals surface area contributed by atoms with Crippen LogP contribution >= 0.6 is 15.9 Å². The Bertz CT molecular complexity index is 368. The molecule has 0 saturated heterocycles. The lowest BCUT2D eigenvalue weighted by atomic mass is 10.2. The van der Waals surface area contributed by atoms with Crippen LogP contribution in [0.3, 0.4) is 0 Å². The summed E-state index contributed by atoms with van der Waals surface area (Å²) in [4.78, 5) is 0. The third-order valence-corrected chi connectivity index (χ3v) is 2.30. The number of rotatable bonds is 4. The maximum atomic E-state index is 8.59. The van der Waals surface area contributed by atoms with Crippen LogP contribution < -0.4 is 10.5 Å². The van der Waals surface area contributed by atoms with Gasteiger partial charge in [0.15, 0.2) is 5.84 Å². The number of nitrogens with zero attached hydrogens (tertiary/aromatic N) is 1. The smallest absolute Gasteiger partial charge is 0.170 e. The fourth-order valence-electron chi connectivity index (χ4n) is 0.991. The molecule has 0 bridgehead atoms. The summed E-state index contributed by atoms with van der Waals surface area (Å²) in [5.41, 5.74) is 6.00. The number of nitrogens with two attached hydrogens (primary N) is 1. The maximum Gasteiger partial charge on any atom is 0.170 e. The van der Waals surface area contributed by atoms with Crippen LogP contribution in [-0.4, -0.2) is 29.4 Å². The Morgan fingerprint density at radius 3 is 2.80 bits per heavy atom. The van der Waals surface area contributed by atoms with Crippen molar-refractivity contribution in [3.05, 3.63) is 28.2 Å². The van der Waals surface area contributed by atoms with Crippen LogP contribution in [-0.2, 0) is 0 Å².